The van der Waals surface area contributed by atoms with Gasteiger partial charge in [0.25, 0.3) is 0 Å². The predicted octanol–water partition coefficient (Wildman–Crippen LogP) is 2.34. The number of aliphatic hydroxyl groups is 1. The number of rotatable bonds is 11. The second-order valence-corrected chi connectivity index (χ2v) is 5.57. The summed E-state index contributed by atoms with van der Waals surface area (Å²) in [5.74, 6) is 0.485. The van der Waals surface area contributed by atoms with Crippen molar-refractivity contribution in [1.82, 2.24) is 4.90 Å². The number of methoxy groups -OCH3 is 2. The molecule has 0 unspecified atom stereocenters. The van der Waals surface area contributed by atoms with Crippen molar-refractivity contribution in [3.63, 3.8) is 0 Å². The summed E-state index contributed by atoms with van der Waals surface area (Å²) in [6, 6.07) is 4.81. The van der Waals surface area contributed by atoms with Gasteiger partial charge in [0, 0.05) is 6.54 Å². The summed E-state index contributed by atoms with van der Waals surface area (Å²) in [6.07, 6.45) is 1.66. The van der Waals surface area contributed by atoms with E-state index in [9.17, 15) is 9.90 Å². The molecule has 0 spiro atoms. The van der Waals surface area contributed by atoms with Crippen molar-refractivity contribution in [1.29, 1.82) is 0 Å². The largest absolute Gasteiger partial charge is 0.493 e. The van der Waals surface area contributed by atoms with Crippen LogP contribution >= 0.6 is 0 Å². The number of benzene rings is 1. The van der Waals surface area contributed by atoms with Gasteiger partial charge in [-0.2, -0.15) is 0 Å². The highest BCUT2D eigenvalue weighted by atomic mass is 16.5. The average molecular weight is 339 g/mol. The lowest BCUT2D eigenvalue weighted by molar-refractivity contribution is 0.0598. The smallest absolute Gasteiger partial charge is 0.337 e. The molecule has 1 atom stereocenters. The molecule has 0 heterocycles. The van der Waals surface area contributed by atoms with Crippen LogP contribution in [0.5, 0.6) is 11.5 Å². The molecule has 0 aromatic heterocycles. The van der Waals surface area contributed by atoms with Crippen LogP contribution in [0.1, 0.15) is 37.0 Å². The number of unbranched alkanes of at least 4 members (excludes halogenated alkanes) is 1. The van der Waals surface area contributed by atoms with Gasteiger partial charge in [0.05, 0.1) is 19.8 Å². The summed E-state index contributed by atoms with van der Waals surface area (Å²) in [4.78, 5) is 13.7. The first-order chi connectivity index (χ1) is 11.5. The highest BCUT2D eigenvalue weighted by molar-refractivity contribution is 5.90. The molecule has 0 aliphatic rings. The van der Waals surface area contributed by atoms with Crippen LogP contribution in [0.4, 0.5) is 0 Å². The molecule has 0 aliphatic heterocycles. The van der Waals surface area contributed by atoms with E-state index in [2.05, 4.69) is 23.5 Å². The normalized spacial score (nSPS) is 12.1. The number of aliphatic hydroxyl groups excluding tert-OH is 1. The standard InChI is InChI=1S/C18H29NO5/c1-5-7-10-19(6-2)12-15(20)13-24-16-9-8-14(18(21)23-4)11-17(16)22-3/h8-9,11,15,20H,5-7,10,12-13H2,1-4H3/t15-/m1/s1. The van der Waals surface area contributed by atoms with Crippen molar-refractivity contribution >= 4 is 5.97 Å². The molecule has 0 aliphatic carbocycles. The van der Waals surface area contributed by atoms with Gasteiger partial charge >= 0.3 is 5.97 Å². The van der Waals surface area contributed by atoms with Gasteiger partial charge in [-0.15, -0.1) is 0 Å². The quantitative estimate of drug-likeness (QED) is 0.624. The van der Waals surface area contributed by atoms with Crippen LogP contribution in [0.25, 0.3) is 0 Å². The van der Waals surface area contributed by atoms with E-state index in [-0.39, 0.29) is 6.61 Å². The third kappa shape index (κ3) is 6.37. The second-order valence-electron chi connectivity index (χ2n) is 5.57. The number of likely N-dealkylation sites (N-methyl/N-ethyl adjacent to an activating group) is 1. The van der Waals surface area contributed by atoms with Gasteiger partial charge in [-0.1, -0.05) is 20.3 Å². The molecule has 0 bridgehead atoms. The number of esters is 1. The van der Waals surface area contributed by atoms with Gasteiger partial charge < -0.3 is 24.2 Å². The molecule has 0 radical (unpaired) electrons. The maximum Gasteiger partial charge on any atom is 0.337 e. The zero-order valence-corrected chi connectivity index (χ0v) is 15.1. The van der Waals surface area contributed by atoms with E-state index in [1.807, 2.05) is 0 Å². The van der Waals surface area contributed by atoms with E-state index in [1.165, 1.54) is 14.2 Å². The van der Waals surface area contributed by atoms with Crippen molar-refractivity contribution < 1.29 is 24.1 Å². The van der Waals surface area contributed by atoms with Crippen LogP contribution in [0.15, 0.2) is 18.2 Å². The number of carbonyl (C=O) groups excluding carboxylic acids is 1. The SMILES string of the molecule is CCCCN(CC)C[C@@H](O)COc1ccc(C(=O)OC)cc1OC. The topological polar surface area (TPSA) is 68.2 Å². The van der Waals surface area contributed by atoms with Crippen molar-refractivity contribution in [3.8, 4) is 11.5 Å². The molecule has 6 heteroatoms. The van der Waals surface area contributed by atoms with Gasteiger partial charge in [-0.25, -0.2) is 4.79 Å². The predicted molar refractivity (Wildman–Crippen MR) is 92.9 cm³/mol. The van der Waals surface area contributed by atoms with Crippen molar-refractivity contribution in [2.24, 2.45) is 0 Å². The molecular formula is C18H29NO5. The molecule has 136 valence electrons. The van der Waals surface area contributed by atoms with Gasteiger partial charge in [-0.05, 0) is 37.7 Å². The van der Waals surface area contributed by atoms with Crippen LogP contribution in [0.3, 0.4) is 0 Å². The highest BCUT2D eigenvalue weighted by Gasteiger charge is 2.14. The first-order valence-electron chi connectivity index (χ1n) is 8.35. The lowest BCUT2D eigenvalue weighted by Crippen LogP contribution is -2.36. The first kappa shape index (κ1) is 20.3. The molecule has 0 amide bonds. The summed E-state index contributed by atoms with van der Waals surface area (Å²) in [6.45, 7) is 6.83. The van der Waals surface area contributed by atoms with Crippen LogP contribution in [0, 0.1) is 0 Å². The van der Waals surface area contributed by atoms with Crippen LogP contribution in [-0.4, -0.2) is 62.5 Å². The highest BCUT2D eigenvalue weighted by Crippen LogP contribution is 2.28. The Morgan fingerprint density at radius 3 is 2.58 bits per heavy atom. The summed E-state index contributed by atoms with van der Waals surface area (Å²) >= 11 is 0. The number of nitrogens with zero attached hydrogens (tertiary/aromatic N) is 1. The lowest BCUT2D eigenvalue weighted by Gasteiger charge is -2.23. The van der Waals surface area contributed by atoms with Gasteiger partial charge in [0.15, 0.2) is 11.5 Å². The molecule has 1 aromatic carbocycles. The minimum atomic E-state index is -0.591. The summed E-state index contributed by atoms with van der Waals surface area (Å²) in [5, 5.41) is 10.2. The Hall–Kier alpha value is -1.79. The minimum absolute atomic E-state index is 0.163. The molecule has 0 saturated heterocycles. The monoisotopic (exact) mass is 339 g/mol. The zero-order valence-electron chi connectivity index (χ0n) is 15.1. The van der Waals surface area contributed by atoms with Gasteiger partial charge in [0.1, 0.15) is 12.7 Å². The fourth-order valence-corrected chi connectivity index (χ4v) is 2.33. The summed E-state index contributed by atoms with van der Waals surface area (Å²) in [7, 11) is 2.83. The van der Waals surface area contributed by atoms with Gasteiger partial charge in [-0.3, -0.25) is 0 Å². The van der Waals surface area contributed by atoms with E-state index in [4.69, 9.17) is 9.47 Å². The molecule has 24 heavy (non-hydrogen) atoms. The fraction of sp³-hybridized carbons (Fsp3) is 0.611. The third-order valence-corrected chi connectivity index (χ3v) is 3.76. The van der Waals surface area contributed by atoms with E-state index in [0.717, 1.165) is 25.9 Å². The van der Waals surface area contributed by atoms with Crippen LogP contribution < -0.4 is 9.47 Å². The molecule has 1 rings (SSSR count). The van der Waals surface area contributed by atoms with Crippen LogP contribution in [0.2, 0.25) is 0 Å². The third-order valence-electron chi connectivity index (χ3n) is 3.76. The maximum atomic E-state index is 11.5. The molecule has 6 nitrogen and oxygen atoms in total. The Morgan fingerprint density at radius 1 is 1.25 bits per heavy atom. The Kier molecular flexibility index (Phi) is 9.19. The Morgan fingerprint density at radius 2 is 2.00 bits per heavy atom. The van der Waals surface area contributed by atoms with Crippen molar-refractivity contribution in [3.05, 3.63) is 23.8 Å². The summed E-state index contributed by atoms with van der Waals surface area (Å²) < 4.78 is 15.6. The molecule has 1 aromatic rings. The van der Waals surface area contributed by atoms with Crippen molar-refractivity contribution in [2.75, 3.05) is 40.5 Å². The molecule has 0 saturated carbocycles. The molecule has 1 N–H and O–H groups in total. The van der Waals surface area contributed by atoms with E-state index in [0.29, 0.717) is 23.6 Å². The number of ether oxygens (including phenoxy) is 3. The Balaban J connectivity index is 2.61. The number of hydrogen-bond acceptors (Lipinski definition) is 6. The second kappa shape index (κ2) is 10.9. The van der Waals surface area contributed by atoms with Gasteiger partial charge in [0.2, 0.25) is 0 Å². The maximum absolute atomic E-state index is 11.5. The number of carbonyl (C=O) groups is 1. The zero-order chi connectivity index (χ0) is 17.9. The number of hydrogen-bond donors (Lipinski definition) is 1. The fourth-order valence-electron chi connectivity index (χ4n) is 2.33. The lowest BCUT2D eigenvalue weighted by atomic mass is 10.2. The van der Waals surface area contributed by atoms with Crippen molar-refractivity contribution in [2.45, 2.75) is 32.8 Å². The summed E-state index contributed by atoms with van der Waals surface area (Å²) in [5.41, 5.74) is 0.388. The minimum Gasteiger partial charge on any atom is -0.493 e. The molecule has 0 fully saturated rings. The van der Waals surface area contributed by atoms with E-state index < -0.39 is 12.1 Å². The molecular weight excluding hydrogens is 310 g/mol. The van der Waals surface area contributed by atoms with E-state index in [1.54, 1.807) is 18.2 Å². The van der Waals surface area contributed by atoms with E-state index >= 15 is 0 Å². The average Bonchev–Trinajstić information content (AvgIpc) is 2.62. The first-order valence-corrected chi connectivity index (χ1v) is 8.35. The Bertz CT molecular complexity index is 506. The van der Waals surface area contributed by atoms with Crippen LogP contribution in [-0.2, 0) is 4.74 Å². The Labute approximate surface area is 144 Å².